The zero-order valence-electron chi connectivity index (χ0n) is 16.3. The van der Waals surface area contributed by atoms with Crippen molar-refractivity contribution in [1.82, 2.24) is 0 Å². The highest BCUT2D eigenvalue weighted by Gasteiger charge is 2.48. The lowest BCUT2D eigenvalue weighted by Gasteiger charge is -2.37. The van der Waals surface area contributed by atoms with Gasteiger partial charge in [0.15, 0.2) is 5.78 Å². The van der Waals surface area contributed by atoms with Crippen LogP contribution in [0.3, 0.4) is 0 Å². The number of hydrazone groups is 1. The summed E-state index contributed by atoms with van der Waals surface area (Å²) in [5.41, 5.74) is 3.28. The second kappa shape index (κ2) is 7.11. The van der Waals surface area contributed by atoms with Crippen molar-refractivity contribution >= 4 is 28.8 Å². The van der Waals surface area contributed by atoms with Crippen molar-refractivity contribution in [2.24, 2.45) is 11.0 Å². The highest BCUT2D eigenvalue weighted by molar-refractivity contribution is 6.41. The maximum Gasteiger partial charge on any atom is 0.252 e. The molecule has 1 saturated heterocycles. The molecule has 2 heterocycles. The van der Waals surface area contributed by atoms with E-state index in [9.17, 15) is 9.59 Å². The standard InChI is InChI=1S/C22H23N3O3/c1-14-4-6-16(7-5-14)24-13-12-19-20(15(2)26)23-25(21(19)22(24)27)17-8-10-18(28-3)11-9-17/h4-11,19,21H,12-13H2,1-3H3. The highest BCUT2D eigenvalue weighted by atomic mass is 16.5. The Balaban J connectivity index is 1.70. The number of anilines is 2. The number of aryl methyl sites for hydroxylation is 1. The molecule has 28 heavy (non-hydrogen) atoms. The van der Waals surface area contributed by atoms with Crippen LogP contribution in [-0.2, 0) is 9.59 Å². The Morgan fingerprint density at radius 1 is 1.07 bits per heavy atom. The van der Waals surface area contributed by atoms with Crippen LogP contribution in [0, 0.1) is 12.8 Å². The molecule has 144 valence electrons. The van der Waals surface area contributed by atoms with Gasteiger partial charge >= 0.3 is 0 Å². The number of carbonyl (C=O) groups is 2. The van der Waals surface area contributed by atoms with Crippen molar-refractivity contribution in [2.75, 3.05) is 23.6 Å². The molecule has 0 radical (unpaired) electrons. The molecule has 0 N–H and O–H groups in total. The second-order valence-corrected chi connectivity index (χ2v) is 7.25. The van der Waals surface area contributed by atoms with Crippen molar-refractivity contribution < 1.29 is 14.3 Å². The molecule has 1 amide bonds. The van der Waals surface area contributed by atoms with Gasteiger partial charge < -0.3 is 9.64 Å². The van der Waals surface area contributed by atoms with Crippen molar-refractivity contribution in [3.05, 3.63) is 54.1 Å². The lowest BCUT2D eigenvalue weighted by Crippen LogP contribution is -2.54. The Morgan fingerprint density at radius 3 is 2.32 bits per heavy atom. The third-order valence-corrected chi connectivity index (χ3v) is 5.44. The lowest BCUT2D eigenvalue weighted by molar-refractivity contribution is -0.121. The second-order valence-electron chi connectivity index (χ2n) is 7.25. The van der Waals surface area contributed by atoms with Gasteiger partial charge in [-0.25, -0.2) is 0 Å². The van der Waals surface area contributed by atoms with Crippen molar-refractivity contribution in [2.45, 2.75) is 26.3 Å². The predicted octanol–water partition coefficient (Wildman–Crippen LogP) is 3.19. The topological polar surface area (TPSA) is 62.2 Å². The molecule has 6 heteroatoms. The Labute approximate surface area is 164 Å². The number of piperidine rings is 1. The fourth-order valence-corrected chi connectivity index (χ4v) is 3.95. The number of ether oxygens (including phenoxy) is 1. The number of benzene rings is 2. The average Bonchev–Trinajstić information content (AvgIpc) is 3.10. The van der Waals surface area contributed by atoms with Crippen LogP contribution in [0.25, 0.3) is 0 Å². The number of carbonyl (C=O) groups excluding carboxylic acids is 2. The van der Waals surface area contributed by atoms with Crippen LogP contribution < -0.4 is 14.6 Å². The van der Waals surface area contributed by atoms with E-state index < -0.39 is 6.04 Å². The lowest BCUT2D eigenvalue weighted by atomic mass is 9.86. The summed E-state index contributed by atoms with van der Waals surface area (Å²) in [5.74, 6) is 0.429. The molecule has 2 aliphatic rings. The van der Waals surface area contributed by atoms with E-state index in [0.717, 1.165) is 22.7 Å². The Kier molecular flexibility index (Phi) is 4.63. The predicted molar refractivity (Wildman–Crippen MR) is 109 cm³/mol. The minimum atomic E-state index is -0.512. The van der Waals surface area contributed by atoms with Crippen LogP contribution in [0.2, 0.25) is 0 Å². The van der Waals surface area contributed by atoms with E-state index in [0.29, 0.717) is 18.7 Å². The molecule has 4 rings (SSSR count). The summed E-state index contributed by atoms with van der Waals surface area (Å²) in [5, 5.41) is 6.26. The van der Waals surface area contributed by atoms with Gasteiger partial charge in [0.05, 0.1) is 12.8 Å². The normalized spacial score (nSPS) is 21.4. The van der Waals surface area contributed by atoms with Gasteiger partial charge in [-0.2, -0.15) is 5.10 Å². The number of rotatable bonds is 4. The molecular formula is C22H23N3O3. The molecule has 2 atom stereocenters. The molecule has 2 aromatic carbocycles. The van der Waals surface area contributed by atoms with Gasteiger partial charge in [0.2, 0.25) is 0 Å². The van der Waals surface area contributed by atoms with Gasteiger partial charge in [0.1, 0.15) is 17.5 Å². The van der Waals surface area contributed by atoms with Crippen LogP contribution in [0.4, 0.5) is 11.4 Å². The fourth-order valence-electron chi connectivity index (χ4n) is 3.95. The molecule has 0 aromatic heterocycles. The first-order valence-corrected chi connectivity index (χ1v) is 9.40. The number of hydrogen-bond donors (Lipinski definition) is 0. The zero-order chi connectivity index (χ0) is 19.8. The van der Waals surface area contributed by atoms with Crippen LogP contribution in [0.15, 0.2) is 53.6 Å². The average molecular weight is 377 g/mol. The maximum atomic E-state index is 13.4. The first kappa shape index (κ1) is 18.2. The third-order valence-electron chi connectivity index (χ3n) is 5.44. The van der Waals surface area contributed by atoms with Crippen LogP contribution in [-0.4, -0.2) is 37.1 Å². The largest absolute Gasteiger partial charge is 0.497 e. The summed E-state index contributed by atoms with van der Waals surface area (Å²) in [4.78, 5) is 27.4. The summed E-state index contributed by atoms with van der Waals surface area (Å²) in [6.07, 6.45) is 0.704. The molecule has 2 aromatic rings. The number of Topliss-reactive ketones (excluding diaryl/α,β-unsaturated/α-hetero) is 1. The van der Waals surface area contributed by atoms with E-state index in [-0.39, 0.29) is 17.6 Å². The van der Waals surface area contributed by atoms with E-state index >= 15 is 0 Å². The van der Waals surface area contributed by atoms with E-state index in [1.807, 2.05) is 55.5 Å². The van der Waals surface area contributed by atoms with Gasteiger partial charge in [-0.3, -0.25) is 14.6 Å². The zero-order valence-corrected chi connectivity index (χ0v) is 16.3. The summed E-state index contributed by atoms with van der Waals surface area (Å²) in [6.45, 7) is 4.11. The molecule has 6 nitrogen and oxygen atoms in total. The van der Waals surface area contributed by atoms with E-state index in [1.165, 1.54) is 6.92 Å². The summed E-state index contributed by atoms with van der Waals surface area (Å²) >= 11 is 0. The third kappa shape index (κ3) is 3.05. The molecular weight excluding hydrogens is 354 g/mol. The quantitative estimate of drug-likeness (QED) is 0.821. The molecule has 2 unspecified atom stereocenters. The SMILES string of the molecule is COc1ccc(N2N=C(C(C)=O)C3CCN(c4ccc(C)cc4)C(=O)C32)cc1. The first-order chi connectivity index (χ1) is 13.5. The molecule has 0 spiro atoms. The van der Waals surface area contributed by atoms with Crippen LogP contribution in [0.1, 0.15) is 18.9 Å². The first-order valence-electron chi connectivity index (χ1n) is 9.40. The van der Waals surface area contributed by atoms with Gasteiger partial charge in [-0.1, -0.05) is 17.7 Å². The number of methoxy groups -OCH3 is 1. The Morgan fingerprint density at radius 2 is 1.71 bits per heavy atom. The van der Waals surface area contributed by atoms with Crippen molar-refractivity contribution in [3.8, 4) is 5.75 Å². The highest BCUT2D eigenvalue weighted by Crippen LogP contribution is 2.36. The summed E-state index contributed by atoms with van der Waals surface area (Å²) in [7, 11) is 1.61. The maximum absolute atomic E-state index is 13.4. The van der Waals surface area contributed by atoms with Crippen LogP contribution >= 0.6 is 0 Å². The molecule has 0 bridgehead atoms. The fraction of sp³-hybridized carbons (Fsp3) is 0.318. The van der Waals surface area contributed by atoms with E-state index in [2.05, 4.69) is 5.10 Å². The number of nitrogens with zero attached hydrogens (tertiary/aromatic N) is 3. The van der Waals surface area contributed by atoms with Crippen LogP contribution in [0.5, 0.6) is 5.75 Å². The number of amides is 1. The smallest absolute Gasteiger partial charge is 0.252 e. The van der Waals surface area contributed by atoms with Crippen molar-refractivity contribution in [3.63, 3.8) is 0 Å². The molecule has 2 aliphatic heterocycles. The monoisotopic (exact) mass is 377 g/mol. The number of fused-ring (bicyclic) bond motifs is 1. The molecule has 1 fully saturated rings. The van der Waals surface area contributed by atoms with Gasteiger partial charge in [-0.05, 0) is 49.7 Å². The van der Waals surface area contributed by atoms with Gasteiger partial charge in [-0.15, -0.1) is 0 Å². The van der Waals surface area contributed by atoms with Gasteiger partial charge in [0.25, 0.3) is 5.91 Å². The molecule has 0 saturated carbocycles. The Bertz CT molecular complexity index is 935. The van der Waals surface area contributed by atoms with E-state index in [4.69, 9.17) is 4.74 Å². The number of ketones is 1. The summed E-state index contributed by atoms with van der Waals surface area (Å²) in [6, 6.07) is 14.8. The van der Waals surface area contributed by atoms with Gasteiger partial charge in [0, 0.05) is 25.1 Å². The van der Waals surface area contributed by atoms with E-state index in [1.54, 1.807) is 17.0 Å². The molecule has 0 aliphatic carbocycles. The number of hydrogen-bond acceptors (Lipinski definition) is 5. The summed E-state index contributed by atoms with van der Waals surface area (Å²) < 4.78 is 5.22. The van der Waals surface area contributed by atoms with Crippen molar-refractivity contribution in [1.29, 1.82) is 0 Å². The minimum Gasteiger partial charge on any atom is -0.497 e. The minimum absolute atomic E-state index is 0.0316. The Hall–Kier alpha value is -3.15.